The van der Waals surface area contributed by atoms with Gasteiger partial charge in [-0.1, -0.05) is 12.5 Å². The molecule has 0 aromatic carbocycles. The Balaban J connectivity index is 1.53. The molecule has 5 aliphatic rings. The van der Waals surface area contributed by atoms with Crippen molar-refractivity contribution in [2.24, 2.45) is 34.5 Å². The van der Waals surface area contributed by atoms with Crippen molar-refractivity contribution in [3.05, 3.63) is 11.6 Å². The fourth-order valence-electron chi connectivity index (χ4n) is 7.81. The van der Waals surface area contributed by atoms with Crippen LogP contribution in [0, 0.1) is 34.5 Å². The van der Waals surface area contributed by atoms with Gasteiger partial charge in [-0.3, -0.25) is 4.79 Å². The van der Waals surface area contributed by atoms with Gasteiger partial charge in [0.15, 0.2) is 5.78 Å². The molecular weight excluding hydrogens is 308 g/mol. The molecule has 0 heterocycles. The molecular formula is C20H27ClO2. The zero-order valence-corrected chi connectivity index (χ0v) is 14.7. The van der Waals surface area contributed by atoms with Gasteiger partial charge in [-0.05, 0) is 80.1 Å². The molecule has 5 rings (SSSR count). The van der Waals surface area contributed by atoms with E-state index in [0.29, 0.717) is 28.9 Å². The number of carbonyl (C=O) groups excluding carboxylic acids is 1. The Labute approximate surface area is 143 Å². The molecule has 4 saturated carbocycles. The van der Waals surface area contributed by atoms with Crippen molar-refractivity contribution in [1.82, 2.24) is 0 Å². The van der Waals surface area contributed by atoms with Crippen LogP contribution in [-0.4, -0.2) is 22.4 Å². The topological polar surface area (TPSA) is 37.3 Å². The first-order valence-corrected chi connectivity index (χ1v) is 10.0. The Morgan fingerprint density at radius 2 is 2.09 bits per heavy atom. The van der Waals surface area contributed by atoms with E-state index in [1.54, 1.807) is 0 Å². The molecule has 0 aromatic heterocycles. The van der Waals surface area contributed by atoms with E-state index >= 15 is 0 Å². The van der Waals surface area contributed by atoms with Crippen LogP contribution < -0.4 is 0 Å². The lowest BCUT2D eigenvalue weighted by atomic mass is 9.48. The van der Waals surface area contributed by atoms with E-state index in [0.717, 1.165) is 43.9 Å². The average Bonchev–Trinajstić information content (AvgIpc) is 3.20. The van der Waals surface area contributed by atoms with Crippen LogP contribution in [0.15, 0.2) is 11.6 Å². The van der Waals surface area contributed by atoms with Gasteiger partial charge in [-0.2, -0.15) is 0 Å². The maximum Gasteiger partial charge on any atom is 0.155 e. The monoisotopic (exact) mass is 334 g/mol. The fraction of sp³-hybridized carbons (Fsp3) is 0.850. The smallest absolute Gasteiger partial charge is 0.155 e. The van der Waals surface area contributed by atoms with Crippen LogP contribution in [0.25, 0.3) is 0 Å². The van der Waals surface area contributed by atoms with Crippen molar-refractivity contribution in [1.29, 1.82) is 0 Å². The highest BCUT2D eigenvalue weighted by molar-refractivity contribution is 6.18. The predicted molar refractivity (Wildman–Crippen MR) is 90.2 cm³/mol. The SMILES string of the molecule is C[C@]12CC[C@H]3[C@@H](CCC4=CC(=O)CC[C@@H]43)[C@@]13CC3CC2(O)CCl. The molecule has 0 saturated heterocycles. The first-order chi connectivity index (χ1) is 11.0. The van der Waals surface area contributed by atoms with Crippen LogP contribution in [0.2, 0.25) is 0 Å². The van der Waals surface area contributed by atoms with Crippen molar-refractivity contribution in [3.8, 4) is 0 Å². The van der Waals surface area contributed by atoms with Crippen LogP contribution in [0.5, 0.6) is 0 Å². The summed E-state index contributed by atoms with van der Waals surface area (Å²) in [6.45, 7) is 2.34. The van der Waals surface area contributed by atoms with Crippen molar-refractivity contribution >= 4 is 17.4 Å². The third kappa shape index (κ3) is 1.59. The lowest BCUT2D eigenvalue weighted by Crippen LogP contribution is -2.56. The molecule has 126 valence electrons. The van der Waals surface area contributed by atoms with E-state index in [9.17, 15) is 9.90 Å². The molecule has 0 aliphatic heterocycles. The van der Waals surface area contributed by atoms with E-state index in [4.69, 9.17) is 11.6 Å². The van der Waals surface area contributed by atoms with Crippen molar-refractivity contribution < 1.29 is 9.90 Å². The highest BCUT2D eigenvalue weighted by atomic mass is 35.5. The summed E-state index contributed by atoms with van der Waals surface area (Å²) >= 11 is 6.25. The van der Waals surface area contributed by atoms with Gasteiger partial charge < -0.3 is 5.11 Å². The predicted octanol–water partition coefficient (Wildman–Crippen LogP) is 4.10. The van der Waals surface area contributed by atoms with Crippen LogP contribution in [0.1, 0.15) is 58.3 Å². The van der Waals surface area contributed by atoms with Gasteiger partial charge in [0.05, 0.1) is 11.5 Å². The normalized spacial score (nSPS) is 57.0. The summed E-state index contributed by atoms with van der Waals surface area (Å²) in [5.74, 6) is 3.58. The summed E-state index contributed by atoms with van der Waals surface area (Å²) in [7, 11) is 0. The fourth-order valence-corrected chi connectivity index (χ4v) is 8.21. The van der Waals surface area contributed by atoms with E-state index < -0.39 is 5.60 Å². The number of alkyl halides is 1. The summed E-state index contributed by atoms with van der Waals surface area (Å²) in [4.78, 5) is 11.8. The Hall–Kier alpha value is -0.340. The minimum atomic E-state index is -0.652. The zero-order valence-electron chi connectivity index (χ0n) is 14.0. The van der Waals surface area contributed by atoms with Crippen LogP contribution >= 0.6 is 11.6 Å². The second-order valence-electron chi connectivity index (χ2n) is 9.32. The Morgan fingerprint density at radius 1 is 1.26 bits per heavy atom. The molecule has 1 N–H and O–H groups in total. The van der Waals surface area contributed by atoms with Gasteiger partial charge in [0.1, 0.15) is 0 Å². The quantitative estimate of drug-likeness (QED) is 0.733. The van der Waals surface area contributed by atoms with Gasteiger partial charge in [0.2, 0.25) is 0 Å². The van der Waals surface area contributed by atoms with Crippen molar-refractivity contribution in [2.45, 2.75) is 63.9 Å². The standard InChI is InChI=1S/C20H27ClO2/c1-18-7-6-16-15-4-3-14(22)8-12(15)2-5-17(16)20(18)10-13(20)9-19(18,23)11-21/h8,13,15-17,23H,2-7,9-11H2,1H3/t13?,15-,16+,17+,18+,19?,20-/m0/s1. The Bertz CT molecular complexity index is 613. The molecule has 5 aliphatic carbocycles. The lowest BCUT2D eigenvalue weighted by Gasteiger charge is -2.58. The number of halogens is 1. The second-order valence-corrected chi connectivity index (χ2v) is 9.59. The minimum absolute atomic E-state index is 0.0132. The lowest BCUT2D eigenvalue weighted by molar-refractivity contribution is -0.133. The second kappa shape index (κ2) is 4.43. The summed E-state index contributed by atoms with van der Waals surface area (Å²) in [5.41, 5.74) is 1.16. The van der Waals surface area contributed by atoms with Crippen molar-refractivity contribution in [2.75, 3.05) is 5.88 Å². The number of rotatable bonds is 1. The number of carbonyl (C=O) groups is 1. The molecule has 0 amide bonds. The molecule has 3 heteroatoms. The van der Waals surface area contributed by atoms with Crippen LogP contribution in [-0.2, 0) is 4.79 Å². The highest BCUT2D eigenvalue weighted by Gasteiger charge is 2.80. The number of fused-ring (bicyclic) bond motifs is 3. The third-order valence-corrected chi connectivity index (χ3v) is 9.40. The minimum Gasteiger partial charge on any atom is -0.388 e. The Kier molecular flexibility index (Phi) is 2.88. The number of aliphatic hydroxyl groups is 1. The molecule has 0 aromatic rings. The first-order valence-electron chi connectivity index (χ1n) is 9.47. The molecule has 4 fully saturated rings. The summed E-state index contributed by atoms with van der Waals surface area (Å²) in [6.07, 6.45) is 10.7. The van der Waals surface area contributed by atoms with E-state index in [1.807, 2.05) is 6.08 Å². The molecule has 1 spiro atoms. The number of allylic oxidation sites excluding steroid dienone is 1. The van der Waals surface area contributed by atoms with Gasteiger partial charge in [0.25, 0.3) is 0 Å². The van der Waals surface area contributed by atoms with Gasteiger partial charge in [0, 0.05) is 11.8 Å². The molecule has 2 nitrogen and oxygen atoms in total. The third-order valence-electron chi connectivity index (χ3n) is 8.95. The highest BCUT2D eigenvalue weighted by Crippen LogP contribution is 2.84. The zero-order chi connectivity index (χ0) is 16.0. The van der Waals surface area contributed by atoms with E-state index in [-0.39, 0.29) is 5.41 Å². The van der Waals surface area contributed by atoms with E-state index in [1.165, 1.54) is 24.8 Å². The van der Waals surface area contributed by atoms with Crippen LogP contribution in [0.3, 0.4) is 0 Å². The summed E-state index contributed by atoms with van der Waals surface area (Å²) < 4.78 is 0. The molecule has 2 unspecified atom stereocenters. The molecule has 0 bridgehead atoms. The summed E-state index contributed by atoms with van der Waals surface area (Å²) in [6, 6.07) is 0. The largest absolute Gasteiger partial charge is 0.388 e. The van der Waals surface area contributed by atoms with Crippen molar-refractivity contribution in [3.63, 3.8) is 0 Å². The molecule has 23 heavy (non-hydrogen) atoms. The Morgan fingerprint density at radius 3 is 2.87 bits per heavy atom. The average molecular weight is 335 g/mol. The van der Waals surface area contributed by atoms with Gasteiger partial charge in [-0.25, -0.2) is 0 Å². The maximum atomic E-state index is 11.8. The summed E-state index contributed by atoms with van der Waals surface area (Å²) in [5, 5.41) is 11.2. The van der Waals surface area contributed by atoms with Crippen LogP contribution in [0.4, 0.5) is 0 Å². The maximum absolute atomic E-state index is 11.8. The molecule has 7 atom stereocenters. The van der Waals surface area contributed by atoms with E-state index in [2.05, 4.69) is 6.92 Å². The van der Waals surface area contributed by atoms with Gasteiger partial charge in [-0.15, -0.1) is 11.6 Å². The first kappa shape index (κ1) is 15.0. The number of hydrogen-bond donors (Lipinski definition) is 1. The molecule has 0 radical (unpaired) electrons. The van der Waals surface area contributed by atoms with Gasteiger partial charge >= 0.3 is 0 Å². The number of hydrogen-bond acceptors (Lipinski definition) is 2. The number of ketones is 1.